The lowest BCUT2D eigenvalue weighted by Gasteiger charge is -1.96. The van der Waals surface area contributed by atoms with E-state index in [0.717, 1.165) is 9.24 Å². The maximum atomic E-state index is 9.20. The molecule has 2 aromatic rings. The molecule has 5 heteroatoms. The lowest BCUT2D eigenvalue weighted by molar-refractivity contribution is 0.474. The monoisotopic (exact) mass is 210 g/mol. The summed E-state index contributed by atoms with van der Waals surface area (Å²) in [6.07, 6.45) is 0. The van der Waals surface area contributed by atoms with Gasteiger partial charge in [0.2, 0.25) is 0 Å². The van der Waals surface area contributed by atoms with Crippen LogP contribution in [0.2, 0.25) is 0 Å². The quantitative estimate of drug-likeness (QED) is 0.826. The van der Waals surface area contributed by atoms with Gasteiger partial charge in [0.25, 0.3) is 0 Å². The molecule has 0 amide bonds. The Morgan fingerprint density at radius 3 is 3.00 bits per heavy atom. The average Bonchev–Trinajstić information content (AvgIpc) is 2.57. The summed E-state index contributed by atoms with van der Waals surface area (Å²) in [5.41, 5.74) is 1.69. The molecule has 0 aliphatic carbocycles. The van der Waals surface area contributed by atoms with Gasteiger partial charge < -0.3 is 5.11 Å². The van der Waals surface area contributed by atoms with Crippen LogP contribution in [0.1, 0.15) is 0 Å². The van der Waals surface area contributed by atoms with Crippen LogP contribution in [0.5, 0.6) is 5.75 Å². The van der Waals surface area contributed by atoms with E-state index in [-0.39, 0.29) is 5.75 Å². The zero-order valence-electron chi connectivity index (χ0n) is 6.54. The van der Waals surface area contributed by atoms with Gasteiger partial charge in [-0.1, -0.05) is 29.2 Å². The molecule has 0 saturated carbocycles. The van der Waals surface area contributed by atoms with E-state index in [2.05, 4.69) is 10.2 Å². The van der Waals surface area contributed by atoms with Crippen molar-refractivity contribution in [1.82, 2.24) is 10.2 Å². The van der Waals surface area contributed by atoms with Gasteiger partial charge in [-0.25, -0.2) is 0 Å². The van der Waals surface area contributed by atoms with Gasteiger partial charge in [-0.15, -0.1) is 10.2 Å². The molecule has 13 heavy (non-hydrogen) atoms. The number of rotatable bonds is 2. The zero-order chi connectivity index (χ0) is 9.10. The van der Waals surface area contributed by atoms with Crippen molar-refractivity contribution in [2.75, 3.05) is 0 Å². The van der Waals surface area contributed by atoms with Gasteiger partial charge in [-0.3, -0.25) is 0 Å². The van der Waals surface area contributed by atoms with Gasteiger partial charge in [0.1, 0.15) is 11.3 Å². The first kappa shape index (κ1) is 8.52. The van der Waals surface area contributed by atoms with E-state index in [1.165, 1.54) is 23.1 Å². The Kier molecular flexibility index (Phi) is 2.47. The van der Waals surface area contributed by atoms with Gasteiger partial charge in [-0.2, -0.15) is 0 Å². The molecule has 0 atom stereocenters. The minimum Gasteiger partial charge on any atom is -0.508 e. The fourth-order valence-corrected chi connectivity index (χ4v) is 2.36. The van der Waals surface area contributed by atoms with Crippen LogP contribution in [0.4, 0.5) is 0 Å². The predicted molar refractivity (Wildman–Crippen MR) is 52.1 cm³/mol. The third-order valence-corrected chi connectivity index (χ3v) is 3.13. The molecule has 0 fully saturated rings. The predicted octanol–water partition coefficient (Wildman–Crippen LogP) is 2.39. The summed E-state index contributed by atoms with van der Waals surface area (Å²) < 4.78 is 0.880. The van der Waals surface area contributed by atoms with Crippen molar-refractivity contribution in [2.45, 2.75) is 9.24 Å². The SMILES string of the molecule is Oc1cccc(Sc2nncs2)c1. The van der Waals surface area contributed by atoms with Crippen LogP contribution in [0, 0.1) is 0 Å². The number of phenolic OH excluding ortho intramolecular Hbond substituents is 1. The number of benzene rings is 1. The van der Waals surface area contributed by atoms with Crippen molar-refractivity contribution >= 4 is 23.1 Å². The molecule has 1 aromatic heterocycles. The largest absolute Gasteiger partial charge is 0.508 e. The van der Waals surface area contributed by atoms with E-state index in [9.17, 15) is 5.11 Å². The normalized spacial score (nSPS) is 10.2. The summed E-state index contributed by atoms with van der Waals surface area (Å²) in [4.78, 5) is 0.969. The molecule has 0 bridgehead atoms. The number of hydrogen-bond acceptors (Lipinski definition) is 5. The topological polar surface area (TPSA) is 46.0 Å². The third kappa shape index (κ3) is 2.19. The summed E-state index contributed by atoms with van der Waals surface area (Å²) in [7, 11) is 0. The highest BCUT2D eigenvalue weighted by Gasteiger charge is 2.00. The van der Waals surface area contributed by atoms with Crippen LogP contribution in [0.15, 0.2) is 39.0 Å². The molecule has 0 aliphatic rings. The molecule has 0 unspecified atom stereocenters. The zero-order valence-corrected chi connectivity index (χ0v) is 8.18. The highest BCUT2D eigenvalue weighted by molar-refractivity contribution is 8.01. The Balaban J connectivity index is 2.19. The number of hydrogen-bond donors (Lipinski definition) is 1. The Bertz CT molecular complexity index is 389. The van der Waals surface area contributed by atoms with Gasteiger partial charge in [0, 0.05) is 4.90 Å². The van der Waals surface area contributed by atoms with Crippen molar-refractivity contribution in [1.29, 1.82) is 0 Å². The van der Waals surface area contributed by atoms with Gasteiger partial charge in [-0.05, 0) is 18.2 Å². The minimum atomic E-state index is 0.273. The number of nitrogens with zero attached hydrogens (tertiary/aromatic N) is 2. The Hall–Kier alpha value is -1.07. The van der Waals surface area contributed by atoms with E-state index >= 15 is 0 Å². The lowest BCUT2D eigenvalue weighted by Crippen LogP contribution is -1.72. The minimum absolute atomic E-state index is 0.273. The first-order valence-corrected chi connectivity index (χ1v) is 5.27. The molecule has 0 saturated heterocycles. The van der Waals surface area contributed by atoms with Crippen molar-refractivity contribution in [3.8, 4) is 5.75 Å². The van der Waals surface area contributed by atoms with Crippen molar-refractivity contribution in [3.05, 3.63) is 29.8 Å². The number of aromatic nitrogens is 2. The molecule has 0 aliphatic heterocycles. The number of phenols is 1. The van der Waals surface area contributed by atoms with Crippen LogP contribution in [0.25, 0.3) is 0 Å². The molecular weight excluding hydrogens is 204 g/mol. The third-order valence-electron chi connectivity index (χ3n) is 1.36. The van der Waals surface area contributed by atoms with Crippen LogP contribution in [-0.2, 0) is 0 Å². The van der Waals surface area contributed by atoms with Crippen LogP contribution >= 0.6 is 23.1 Å². The van der Waals surface area contributed by atoms with E-state index in [4.69, 9.17) is 0 Å². The highest BCUT2D eigenvalue weighted by atomic mass is 32.2. The average molecular weight is 210 g/mol. The van der Waals surface area contributed by atoms with Crippen LogP contribution in [-0.4, -0.2) is 15.3 Å². The van der Waals surface area contributed by atoms with Crippen molar-refractivity contribution in [2.24, 2.45) is 0 Å². The fraction of sp³-hybridized carbons (Fsp3) is 0. The van der Waals surface area contributed by atoms with Crippen LogP contribution < -0.4 is 0 Å². The summed E-state index contributed by atoms with van der Waals surface area (Å²) in [5.74, 6) is 0.273. The second kappa shape index (κ2) is 3.76. The van der Waals surface area contributed by atoms with Gasteiger partial charge >= 0.3 is 0 Å². The Labute approximate surface area is 83.5 Å². The van der Waals surface area contributed by atoms with Crippen molar-refractivity contribution < 1.29 is 5.11 Å². The summed E-state index contributed by atoms with van der Waals surface area (Å²) >= 11 is 2.98. The molecule has 0 spiro atoms. The highest BCUT2D eigenvalue weighted by Crippen LogP contribution is 2.29. The lowest BCUT2D eigenvalue weighted by atomic mass is 10.3. The summed E-state index contributed by atoms with van der Waals surface area (Å²) in [6.45, 7) is 0. The molecule has 1 heterocycles. The van der Waals surface area contributed by atoms with Gasteiger partial charge in [0.05, 0.1) is 0 Å². The summed E-state index contributed by atoms with van der Waals surface area (Å²) in [5, 5.41) is 16.8. The maximum absolute atomic E-state index is 9.20. The van der Waals surface area contributed by atoms with E-state index in [0.29, 0.717) is 0 Å². The fourth-order valence-electron chi connectivity index (χ4n) is 0.855. The van der Waals surface area contributed by atoms with Gasteiger partial charge in [0.15, 0.2) is 4.34 Å². The summed E-state index contributed by atoms with van der Waals surface area (Å²) in [6, 6.07) is 7.07. The van der Waals surface area contributed by atoms with E-state index in [1.807, 2.05) is 6.07 Å². The molecular formula is C8H6N2OS2. The Morgan fingerprint density at radius 2 is 2.31 bits per heavy atom. The molecule has 1 N–H and O–H groups in total. The molecule has 66 valence electrons. The van der Waals surface area contributed by atoms with E-state index < -0.39 is 0 Å². The van der Waals surface area contributed by atoms with Crippen molar-refractivity contribution in [3.63, 3.8) is 0 Å². The smallest absolute Gasteiger partial charge is 0.178 e. The molecule has 2 rings (SSSR count). The van der Waals surface area contributed by atoms with E-state index in [1.54, 1.807) is 23.7 Å². The molecule has 1 aromatic carbocycles. The first-order chi connectivity index (χ1) is 6.34. The Morgan fingerprint density at radius 1 is 1.38 bits per heavy atom. The first-order valence-electron chi connectivity index (χ1n) is 3.57. The van der Waals surface area contributed by atoms with Crippen LogP contribution in [0.3, 0.4) is 0 Å². The standard InChI is InChI=1S/C8H6N2OS2/c11-6-2-1-3-7(4-6)13-8-10-9-5-12-8/h1-5,11H. The molecule has 0 radical (unpaired) electrons. The second-order valence-corrected chi connectivity index (χ2v) is 4.46. The number of aromatic hydroxyl groups is 1. The maximum Gasteiger partial charge on any atom is 0.178 e. The second-order valence-electron chi connectivity index (χ2n) is 2.30. The molecule has 3 nitrogen and oxygen atoms in total.